The highest BCUT2D eigenvalue weighted by Crippen LogP contribution is 2.11. The summed E-state index contributed by atoms with van der Waals surface area (Å²) < 4.78 is 0. The van der Waals surface area contributed by atoms with Crippen molar-refractivity contribution in [3.8, 4) is 0 Å². The molecule has 1 amide bonds. The molecule has 1 aromatic rings. The van der Waals surface area contributed by atoms with Crippen molar-refractivity contribution < 1.29 is 14.7 Å². The first-order chi connectivity index (χ1) is 8.56. The maximum atomic E-state index is 11.3. The van der Waals surface area contributed by atoms with Gasteiger partial charge in [-0.3, -0.25) is 4.79 Å². The van der Waals surface area contributed by atoms with Crippen LogP contribution in [-0.4, -0.2) is 35.1 Å². The number of carboxylic acid groups (broad SMARTS) is 1. The second-order valence-electron chi connectivity index (χ2n) is 3.70. The molecular formula is C12H17N3O3. The molecule has 0 saturated carbocycles. The normalized spacial score (nSPS) is 9.89. The van der Waals surface area contributed by atoms with Gasteiger partial charge in [0.15, 0.2) is 0 Å². The Morgan fingerprint density at radius 3 is 2.61 bits per heavy atom. The molecular weight excluding hydrogens is 234 g/mol. The van der Waals surface area contributed by atoms with Crippen LogP contribution in [0.4, 0.5) is 5.82 Å². The SMILES string of the molecule is CCNC(=O)CNc1cc(C(=O)O)cc(CC)n1. The van der Waals surface area contributed by atoms with Crippen LogP contribution in [0, 0.1) is 0 Å². The third-order valence-corrected chi connectivity index (χ3v) is 2.29. The maximum absolute atomic E-state index is 11.3. The summed E-state index contributed by atoms with van der Waals surface area (Å²) in [6.45, 7) is 4.36. The molecule has 0 aromatic carbocycles. The molecule has 98 valence electrons. The molecule has 0 radical (unpaired) electrons. The predicted octanol–water partition coefficient (Wildman–Crippen LogP) is 0.890. The lowest BCUT2D eigenvalue weighted by Gasteiger charge is -2.08. The van der Waals surface area contributed by atoms with Gasteiger partial charge in [0.2, 0.25) is 5.91 Å². The highest BCUT2D eigenvalue weighted by Gasteiger charge is 2.08. The number of hydrogen-bond acceptors (Lipinski definition) is 4. The molecule has 0 fully saturated rings. The van der Waals surface area contributed by atoms with E-state index < -0.39 is 5.97 Å². The number of carbonyl (C=O) groups is 2. The summed E-state index contributed by atoms with van der Waals surface area (Å²) in [6, 6.07) is 2.94. The van der Waals surface area contributed by atoms with Crippen molar-refractivity contribution in [3.63, 3.8) is 0 Å². The lowest BCUT2D eigenvalue weighted by molar-refractivity contribution is -0.119. The average molecular weight is 251 g/mol. The summed E-state index contributed by atoms with van der Waals surface area (Å²) in [5.41, 5.74) is 0.841. The van der Waals surface area contributed by atoms with E-state index >= 15 is 0 Å². The van der Waals surface area contributed by atoms with E-state index in [0.29, 0.717) is 24.5 Å². The Morgan fingerprint density at radius 2 is 2.06 bits per heavy atom. The Hall–Kier alpha value is -2.11. The minimum atomic E-state index is -1.01. The number of likely N-dealkylation sites (N-methyl/N-ethyl adjacent to an activating group) is 1. The zero-order valence-corrected chi connectivity index (χ0v) is 10.5. The van der Waals surface area contributed by atoms with Crippen LogP contribution in [0.1, 0.15) is 29.9 Å². The summed E-state index contributed by atoms with van der Waals surface area (Å²) in [4.78, 5) is 26.4. The number of aryl methyl sites for hydroxylation is 1. The largest absolute Gasteiger partial charge is 0.478 e. The van der Waals surface area contributed by atoms with Gasteiger partial charge in [-0.2, -0.15) is 0 Å². The number of aromatic carboxylic acids is 1. The van der Waals surface area contributed by atoms with Crippen molar-refractivity contribution in [2.45, 2.75) is 20.3 Å². The molecule has 1 rings (SSSR count). The standard InChI is InChI=1S/C12H17N3O3/c1-3-9-5-8(12(17)18)6-10(15-9)14-7-11(16)13-4-2/h5-6H,3-4,7H2,1-2H3,(H,13,16)(H,14,15)(H,17,18). The van der Waals surface area contributed by atoms with Crippen LogP contribution in [0.2, 0.25) is 0 Å². The van der Waals surface area contributed by atoms with Crippen LogP contribution in [0.3, 0.4) is 0 Å². The number of rotatable bonds is 6. The summed E-state index contributed by atoms with van der Waals surface area (Å²) >= 11 is 0. The number of pyridine rings is 1. The van der Waals surface area contributed by atoms with E-state index in [4.69, 9.17) is 5.11 Å². The number of carboxylic acids is 1. The maximum Gasteiger partial charge on any atom is 0.335 e. The zero-order chi connectivity index (χ0) is 13.5. The molecule has 0 aliphatic carbocycles. The van der Waals surface area contributed by atoms with E-state index in [9.17, 15) is 9.59 Å². The van der Waals surface area contributed by atoms with Gasteiger partial charge in [0.25, 0.3) is 0 Å². The van der Waals surface area contributed by atoms with Crippen LogP contribution in [0.5, 0.6) is 0 Å². The Kier molecular flexibility index (Phi) is 5.10. The van der Waals surface area contributed by atoms with Crippen LogP contribution in [-0.2, 0) is 11.2 Å². The minimum Gasteiger partial charge on any atom is -0.478 e. The van der Waals surface area contributed by atoms with Gasteiger partial charge < -0.3 is 15.7 Å². The van der Waals surface area contributed by atoms with E-state index in [-0.39, 0.29) is 18.0 Å². The molecule has 1 aromatic heterocycles. The first-order valence-electron chi connectivity index (χ1n) is 5.81. The lowest BCUT2D eigenvalue weighted by atomic mass is 10.2. The quantitative estimate of drug-likeness (QED) is 0.698. The van der Waals surface area contributed by atoms with Gasteiger partial charge in [0.05, 0.1) is 12.1 Å². The van der Waals surface area contributed by atoms with Crippen molar-refractivity contribution in [1.82, 2.24) is 10.3 Å². The number of hydrogen-bond donors (Lipinski definition) is 3. The smallest absolute Gasteiger partial charge is 0.335 e. The first kappa shape index (κ1) is 14.0. The summed E-state index contributed by atoms with van der Waals surface area (Å²) in [5, 5.41) is 14.4. The molecule has 0 saturated heterocycles. The van der Waals surface area contributed by atoms with E-state index in [0.717, 1.165) is 0 Å². The molecule has 0 bridgehead atoms. The van der Waals surface area contributed by atoms with Crippen LogP contribution >= 0.6 is 0 Å². The van der Waals surface area contributed by atoms with Crippen molar-refractivity contribution >= 4 is 17.7 Å². The van der Waals surface area contributed by atoms with E-state index in [1.54, 1.807) is 0 Å². The predicted molar refractivity (Wildman–Crippen MR) is 67.7 cm³/mol. The number of carbonyl (C=O) groups excluding carboxylic acids is 1. The second kappa shape index (κ2) is 6.58. The average Bonchev–Trinajstić information content (AvgIpc) is 2.36. The third-order valence-electron chi connectivity index (χ3n) is 2.29. The first-order valence-corrected chi connectivity index (χ1v) is 5.81. The van der Waals surface area contributed by atoms with Crippen LogP contribution in [0.15, 0.2) is 12.1 Å². The second-order valence-corrected chi connectivity index (χ2v) is 3.70. The van der Waals surface area contributed by atoms with Crippen molar-refractivity contribution in [2.24, 2.45) is 0 Å². The topological polar surface area (TPSA) is 91.3 Å². The molecule has 0 unspecified atom stereocenters. The summed E-state index contributed by atoms with van der Waals surface area (Å²) in [5.74, 6) is -0.760. The molecule has 0 spiro atoms. The van der Waals surface area contributed by atoms with E-state index in [2.05, 4.69) is 15.6 Å². The lowest BCUT2D eigenvalue weighted by Crippen LogP contribution is -2.29. The molecule has 0 aliphatic heterocycles. The van der Waals surface area contributed by atoms with Gasteiger partial charge in [0.1, 0.15) is 5.82 Å². The van der Waals surface area contributed by atoms with Gasteiger partial charge in [-0.25, -0.2) is 9.78 Å². The minimum absolute atomic E-state index is 0.0765. The Balaban J connectivity index is 2.78. The third kappa shape index (κ3) is 4.04. The Bertz CT molecular complexity index is 446. The van der Waals surface area contributed by atoms with Crippen molar-refractivity contribution in [3.05, 3.63) is 23.4 Å². The van der Waals surface area contributed by atoms with Crippen molar-refractivity contribution in [2.75, 3.05) is 18.4 Å². The fraction of sp³-hybridized carbons (Fsp3) is 0.417. The number of nitrogens with one attached hydrogen (secondary N) is 2. The number of amides is 1. The summed E-state index contributed by atoms with van der Waals surface area (Å²) in [6.07, 6.45) is 0.636. The zero-order valence-electron chi connectivity index (χ0n) is 10.5. The molecule has 1 heterocycles. The van der Waals surface area contributed by atoms with E-state index in [1.165, 1.54) is 12.1 Å². The fourth-order valence-electron chi connectivity index (χ4n) is 1.41. The van der Waals surface area contributed by atoms with Crippen LogP contribution in [0.25, 0.3) is 0 Å². The monoisotopic (exact) mass is 251 g/mol. The Labute approximate surface area is 105 Å². The molecule has 3 N–H and O–H groups in total. The molecule has 18 heavy (non-hydrogen) atoms. The van der Waals surface area contributed by atoms with Gasteiger partial charge in [-0.15, -0.1) is 0 Å². The molecule has 6 heteroatoms. The number of anilines is 1. The van der Waals surface area contributed by atoms with Gasteiger partial charge in [-0.1, -0.05) is 6.92 Å². The van der Waals surface area contributed by atoms with Crippen LogP contribution < -0.4 is 10.6 Å². The van der Waals surface area contributed by atoms with Gasteiger partial charge >= 0.3 is 5.97 Å². The molecule has 0 aliphatic rings. The highest BCUT2D eigenvalue weighted by atomic mass is 16.4. The number of nitrogens with zero attached hydrogens (tertiary/aromatic N) is 1. The molecule has 6 nitrogen and oxygen atoms in total. The van der Waals surface area contributed by atoms with E-state index in [1.807, 2.05) is 13.8 Å². The fourth-order valence-corrected chi connectivity index (χ4v) is 1.41. The van der Waals surface area contributed by atoms with Gasteiger partial charge in [-0.05, 0) is 25.5 Å². The van der Waals surface area contributed by atoms with Crippen molar-refractivity contribution in [1.29, 1.82) is 0 Å². The summed E-state index contributed by atoms with van der Waals surface area (Å²) in [7, 11) is 0. The molecule has 0 atom stereocenters. The highest BCUT2D eigenvalue weighted by molar-refractivity contribution is 5.89. The number of aromatic nitrogens is 1. The van der Waals surface area contributed by atoms with Gasteiger partial charge in [0, 0.05) is 12.2 Å². The Morgan fingerprint density at radius 1 is 1.33 bits per heavy atom.